The van der Waals surface area contributed by atoms with E-state index in [1.807, 2.05) is 35.0 Å². The van der Waals surface area contributed by atoms with Crippen LogP contribution >= 0.6 is 0 Å². The lowest BCUT2D eigenvalue weighted by molar-refractivity contribution is -0.116. The molecule has 1 atom stereocenters. The van der Waals surface area contributed by atoms with Gasteiger partial charge in [0.05, 0.1) is 23.3 Å². The van der Waals surface area contributed by atoms with Gasteiger partial charge in [-0.3, -0.25) is 4.79 Å². The average molecular weight is 337 g/mol. The second-order valence-corrected chi connectivity index (χ2v) is 6.79. The summed E-state index contributed by atoms with van der Waals surface area (Å²) in [6.45, 7) is 4.48. The summed E-state index contributed by atoms with van der Waals surface area (Å²) in [5.41, 5.74) is 1.98. The number of carbonyl (C=O) groups excluding carboxylic acids is 1. The number of carbonyl (C=O) groups is 1. The summed E-state index contributed by atoms with van der Waals surface area (Å²) in [4.78, 5) is 17.4. The maximum absolute atomic E-state index is 12.7. The van der Waals surface area contributed by atoms with Crippen molar-refractivity contribution >= 4 is 22.8 Å². The molecule has 1 fully saturated rings. The summed E-state index contributed by atoms with van der Waals surface area (Å²) in [5, 5.41) is 7.33. The minimum Gasteiger partial charge on any atom is -0.318 e. The van der Waals surface area contributed by atoms with E-state index in [1.165, 1.54) is 0 Å². The number of imidazole rings is 1. The number of hydrogen-bond acceptors (Lipinski definition) is 3. The van der Waals surface area contributed by atoms with Gasteiger partial charge in [-0.2, -0.15) is 5.10 Å². The number of nitrogens with zero attached hydrogens (tertiary/aromatic N) is 4. The summed E-state index contributed by atoms with van der Waals surface area (Å²) in [5.74, 6) is 2.23. The molecule has 2 aromatic heterocycles. The molecule has 0 bridgehead atoms. The molecule has 1 saturated carbocycles. The fraction of sp³-hybridized carbons (Fsp3) is 0.421. The topological polar surface area (TPSA) is 64.7 Å². The molecule has 3 aromatic rings. The van der Waals surface area contributed by atoms with Gasteiger partial charge in [-0.25, -0.2) is 9.67 Å². The third kappa shape index (κ3) is 3.04. The molecule has 6 nitrogen and oxygen atoms in total. The van der Waals surface area contributed by atoms with E-state index in [1.54, 1.807) is 6.20 Å². The Morgan fingerprint density at radius 3 is 2.88 bits per heavy atom. The molecule has 25 heavy (non-hydrogen) atoms. The van der Waals surface area contributed by atoms with Crippen LogP contribution in [0, 0.1) is 0 Å². The lowest BCUT2D eigenvalue weighted by Crippen LogP contribution is -2.22. The summed E-state index contributed by atoms with van der Waals surface area (Å²) < 4.78 is 3.93. The van der Waals surface area contributed by atoms with E-state index in [4.69, 9.17) is 4.98 Å². The van der Waals surface area contributed by atoms with Crippen LogP contribution in [0.4, 0.5) is 5.82 Å². The fourth-order valence-corrected chi connectivity index (χ4v) is 3.18. The van der Waals surface area contributed by atoms with Gasteiger partial charge in [-0.05, 0) is 38.3 Å². The highest BCUT2D eigenvalue weighted by molar-refractivity contribution is 5.91. The van der Waals surface area contributed by atoms with Crippen molar-refractivity contribution in [3.05, 3.63) is 42.4 Å². The second kappa shape index (κ2) is 6.35. The number of amides is 1. The molecule has 1 aromatic carbocycles. The first-order valence-electron chi connectivity index (χ1n) is 8.96. The van der Waals surface area contributed by atoms with Crippen molar-refractivity contribution in [2.24, 2.45) is 0 Å². The van der Waals surface area contributed by atoms with Crippen LogP contribution in [0.1, 0.15) is 50.9 Å². The molecule has 2 heterocycles. The minimum atomic E-state index is -0.0462. The molecule has 1 aliphatic carbocycles. The zero-order valence-corrected chi connectivity index (χ0v) is 14.6. The lowest BCUT2D eigenvalue weighted by atomic mass is 10.3. The SMILES string of the molecule is CC[C@H](C)n1nccc1NC(=O)Cn1c(C2CC2)nc2ccccc21. The van der Waals surface area contributed by atoms with Crippen molar-refractivity contribution in [2.75, 3.05) is 5.32 Å². The molecule has 4 rings (SSSR count). The van der Waals surface area contributed by atoms with Crippen molar-refractivity contribution in [1.82, 2.24) is 19.3 Å². The van der Waals surface area contributed by atoms with E-state index in [0.717, 1.165) is 41.9 Å². The lowest BCUT2D eigenvalue weighted by Gasteiger charge is -2.15. The zero-order chi connectivity index (χ0) is 17.4. The number of rotatable bonds is 6. The molecular formula is C19H23N5O. The molecule has 0 spiro atoms. The van der Waals surface area contributed by atoms with Gasteiger partial charge in [0, 0.05) is 12.0 Å². The predicted octanol–water partition coefficient (Wildman–Crippen LogP) is 3.72. The van der Waals surface area contributed by atoms with Gasteiger partial charge in [0.1, 0.15) is 18.2 Å². The molecule has 0 aliphatic heterocycles. The van der Waals surface area contributed by atoms with Crippen molar-refractivity contribution < 1.29 is 4.79 Å². The number of benzene rings is 1. The van der Waals surface area contributed by atoms with Crippen LogP contribution in [0.3, 0.4) is 0 Å². The highest BCUT2D eigenvalue weighted by Crippen LogP contribution is 2.40. The third-order valence-electron chi connectivity index (χ3n) is 4.87. The van der Waals surface area contributed by atoms with Crippen molar-refractivity contribution in [1.29, 1.82) is 0 Å². The van der Waals surface area contributed by atoms with Crippen LogP contribution in [0.15, 0.2) is 36.5 Å². The minimum absolute atomic E-state index is 0.0462. The Hall–Kier alpha value is -2.63. The highest BCUT2D eigenvalue weighted by Gasteiger charge is 2.30. The number of hydrogen-bond donors (Lipinski definition) is 1. The molecule has 0 saturated heterocycles. The predicted molar refractivity (Wildman–Crippen MR) is 97.6 cm³/mol. The van der Waals surface area contributed by atoms with Crippen LogP contribution < -0.4 is 5.32 Å². The fourth-order valence-electron chi connectivity index (χ4n) is 3.18. The first kappa shape index (κ1) is 15.9. The van der Waals surface area contributed by atoms with Crippen molar-refractivity contribution in [3.8, 4) is 0 Å². The number of fused-ring (bicyclic) bond motifs is 1. The van der Waals surface area contributed by atoms with Crippen LogP contribution in [0.25, 0.3) is 11.0 Å². The largest absolute Gasteiger partial charge is 0.318 e. The monoisotopic (exact) mass is 337 g/mol. The van der Waals surface area contributed by atoms with E-state index in [9.17, 15) is 4.79 Å². The van der Waals surface area contributed by atoms with Gasteiger partial charge in [0.25, 0.3) is 0 Å². The molecule has 0 unspecified atom stereocenters. The number of aromatic nitrogens is 4. The molecular weight excluding hydrogens is 314 g/mol. The van der Waals surface area contributed by atoms with E-state index in [2.05, 4.69) is 28.8 Å². The number of nitrogens with one attached hydrogen (secondary N) is 1. The summed E-state index contributed by atoms with van der Waals surface area (Å²) in [7, 11) is 0. The van der Waals surface area contributed by atoms with Crippen LogP contribution in [0.5, 0.6) is 0 Å². The van der Waals surface area contributed by atoms with Gasteiger partial charge in [-0.1, -0.05) is 19.1 Å². The Balaban J connectivity index is 1.58. The Kier molecular flexibility index (Phi) is 4.03. The van der Waals surface area contributed by atoms with Crippen LogP contribution in [-0.2, 0) is 11.3 Å². The molecule has 6 heteroatoms. The zero-order valence-electron chi connectivity index (χ0n) is 14.6. The molecule has 1 amide bonds. The quantitative estimate of drug-likeness (QED) is 0.745. The van der Waals surface area contributed by atoms with E-state index >= 15 is 0 Å². The average Bonchev–Trinajstić information content (AvgIpc) is 3.26. The maximum Gasteiger partial charge on any atom is 0.245 e. The standard InChI is InChI=1S/C19H23N5O/c1-3-13(2)24-17(10-11-20-24)22-18(25)12-23-16-7-5-4-6-15(16)21-19(23)14-8-9-14/h4-7,10-11,13-14H,3,8-9,12H2,1-2H3,(H,22,25)/t13-/m0/s1. The van der Waals surface area contributed by atoms with Crippen molar-refractivity contribution in [3.63, 3.8) is 0 Å². The van der Waals surface area contributed by atoms with E-state index < -0.39 is 0 Å². The van der Waals surface area contributed by atoms with Gasteiger partial charge in [-0.15, -0.1) is 0 Å². The Labute approximate surface area is 146 Å². The molecule has 0 radical (unpaired) electrons. The normalized spacial score (nSPS) is 15.4. The highest BCUT2D eigenvalue weighted by atomic mass is 16.2. The molecule has 1 N–H and O–H groups in total. The van der Waals surface area contributed by atoms with Crippen LogP contribution in [0.2, 0.25) is 0 Å². The number of para-hydroxylation sites is 2. The van der Waals surface area contributed by atoms with E-state index in [0.29, 0.717) is 5.92 Å². The maximum atomic E-state index is 12.7. The van der Waals surface area contributed by atoms with Gasteiger partial charge in [0.15, 0.2) is 0 Å². The first-order valence-corrected chi connectivity index (χ1v) is 8.96. The van der Waals surface area contributed by atoms with E-state index in [-0.39, 0.29) is 18.5 Å². The third-order valence-corrected chi connectivity index (χ3v) is 4.87. The van der Waals surface area contributed by atoms with Gasteiger partial charge in [0.2, 0.25) is 5.91 Å². The Morgan fingerprint density at radius 1 is 1.32 bits per heavy atom. The van der Waals surface area contributed by atoms with Gasteiger partial charge < -0.3 is 9.88 Å². The molecule has 1 aliphatic rings. The summed E-state index contributed by atoms with van der Waals surface area (Å²) >= 11 is 0. The summed E-state index contributed by atoms with van der Waals surface area (Å²) in [6, 6.07) is 10.1. The number of anilines is 1. The molecule has 130 valence electrons. The van der Waals surface area contributed by atoms with Crippen molar-refractivity contribution in [2.45, 2.75) is 51.6 Å². The first-order chi connectivity index (χ1) is 12.2. The smallest absolute Gasteiger partial charge is 0.245 e. The summed E-state index contributed by atoms with van der Waals surface area (Å²) in [6.07, 6.45) is 5.00. The Morgan fingerprint density at radius 2 is 2.12 bits per heavy atom. The Bertz CT molecular complexity index is 906. The van der Waals surface area contributed by atoms with Crippen LogP contribution in [-0.4, -0.2) is 25.2 Å². The van der Waals surface area contributed by atoms with Gasteiger partial charge >= 0.3 is 0 Å². The second-order valence-electron chi connectivity index (χ2n) is 6.79.